The molecule has 2 aliphatic rings. The molecule has 1 spiro atoms. The summed E-state index contributed by atoms with van der Waals surface area (Å²) in [5, 5.41) is 16.9. The molecule has 0 unspecified atom stereocenters. The highest BCUT2D eigenvalue weighted by molar-refractivity contribution is 8.04. The van der Waals surface area contributed by atoms with Crippen molar-refractivity contribution in [1.82, 2.24) is 24.8 Å². The summed E-state index contributed by atoms with van der Waals surface area (Å²) < 4.78 is 2.00. The van der Waals surface area contributed by atoms with Gasteiger partial charge in [0, 0.05) is 48.1 Å². The first-order chi connectivity index (χ1) is 20.8. The number of imidazole rings is 1. The fraction of sp³-hybridized carbons (Fsp3) is 0.364. The molecule has 0 bridgehead atoms. The maximum Gasteiger partial charge on any atom is 0.326 e. The van der Waals surface area contributed by atoms with Crippen molar-refractivity contribution in [2.24, 2.45) is 5.41 Å². The minimum absolute atomic E-state index is 0.190. The first-order valence-corrected chi connectivity index (χ1v) is 15.7. The van der Waals surface area contributed by atoms with Crippen LogP contribution in [0.5, 0.6) is 0 Å². The highest BCUT2D eigenvalue weighted by Crippen LogP contribution is 2.55. The van der Waals surface area contributed by atoms with Gasteiger partial charge in [-0.1, -0.05) is 45.2 Å². The summed E-state index contributed by atoms with van der Waals surface area (Å²) in [7, 11) is 1.83. The lowest BCUT2D eigenvalue weighted by Crippen LogP contribution is -2.54. The molecule has 222 valence electrons. The van der Waals surface area contributed by atoms with E-state index >= 15 is 0 Å². The number of rotatable bonds is 10. The summed E-state index contributed by atoms with van der Waals surface area (Å²) in [4.78, 5) is 40.4. The van der Waals surface area contributed by atoms with Crippen molar-refractivity contribution in [3.05, 3.63) is 77.1 Å². The molecule has 2 aliphatic carbocycles. The number of thioether (sulfide) groups is 1. The summed E-state index contributed by atoms with van der Waals surface area (Å²) in [5.41, 5.74) is 4.39. The molecule has 1 atom stereocenters. The number of aliphatic carboxylic acids is 1. The Balaban J connectivity index is 1.29. The van der Waals surface area contributed by atoms with Crippen LogP contribution < -0.4 is 10.6 Å². The SMILES string of the molecule is CNc1ccc(-c2nc3cccnc3n2-c2ccc(C[C@H](NC3=C(SC(C)C)C(=O)C34CCCCC4)C(=O)O)cc2)cn1. The van der Waals surface area contributed by atoms with Crippen molar-refractivity contribution < 1.29 is 14.7 Å². The van der Waals surface area contributed by atoms with E-state index in [2.05, 4.69) is 34.4 Å². The van der Waals surface area contributed by atoms with Crippen LogP contribution in [0.25, 0.3) is 28.2 Å². The second-order valence-corrected chi connectivity index (χ2v) is 13.1. The largest absolute Gasteiger partial charge is 0.480 e. The number of carbonyl (C=O) groups is 2. The topological polar surface area (TPSA) is 122 Å². The molecule has 0 aliphatic heterocycles. The zero-order valence-electron chi connectivity index (χ0n) is 24.6. The number of hydrogen-bond acceptors (Lipinski definition) is 8. The Morgan fingerprint density at radius 3 is 2.49 bits per heavy atom. The molecule has 3 heterocycles. The maximum absolute atomic E-state index is 13.3. The van der Waals surface area contributed by atoms with Crippen LogP contribution in [0.3, 0.4) is 0 Å². The number of fused-ring (bicyclic) bond motifs is 1. The van der Waals surface area contributed by atoms with E-state index < -0.39 is 17.4 Å². The normalized spacial score (nSPS) is 16.9. The Morgan fingerprint density at radius 1 is 1.07 bits per heavy atom. The lowest BCUT2D eigenvalue weighted by molar-refractivity contribution is -0.140. The number of carboxylic acid groups (broad SMARTS) is 1. The molecule has 0 saturated heterocycles. The van der Waals surface area contributed by atoms with Gasteiger partial charge < -0.3 is 15.7 Å². The molecule has 43 heavy (non-hydrogen) atoms. The number of benzene rings is 1. The summed E-state index contributed by atoms with van der Waals surface area (Å²) in [6, 6.07) is 14.7. The zero-order chi connectivity index (χ0) is 30.1. The standard InChI is InChI=1S/C33H36N6O3S/c1-20(2)43-27-28(33(29(27)40)15-5-4-6-16-33)37-25(32(41)42)18-21-9-12-23(13-10-21)39-30(22-11-14-26(34-3)36-19-22)38-24-8-7-17-35-31(24)39/h7-14,17,19-20,25,37H,4-6,15-16,18H2,1-3H3,(H,34,36)(H,41,42)/t25-/m0/s1. The molecule has 9 nitrogen and oxygen atoms in total. The van der Waals surface area contributed by atoms with Gasteiger partial charge in [-0.3, -0.25) is 9.36 Å². The van der Waals surface area contributed by atoms with Gasteiger partial charge in [-0.25, -0.2) is 19.7 Å². The van der Waals surface area contributed by atoms with E-state index in [9.17, 15) is 14.7 Å². The summed E-state index contributed by atoms with van der Waals surface area (Å²) in [5.74, 6) is 0.744. The van der Waals surface area contributed by atoms with Crippen molar-refractivity contribution >= 4 is 40.5 Å². The van der Waals surface area contributed by atoms with Gasteiger partial charge in [0.25, 0.3) is 0 Å². The van der Waals surface area contributed by atoms with Crippen LogP contribution in [0.2, 0.25) is 0 Å². The van der Waals surface area contributed by atoms with E-state index in [4.69, 9.17) is 4.98 Å². The van der Waals surface area contributed by atoms with E-state index in [1.54, 1.807) is 12.4 Å². The number of carboxylic acids is 1. The zero-order valence-corrected chi connectivity index (χ0v) is 25.4. The molecular weight excluding hydrogens is 560 g/mol. The van der Waals surface area contributed by atoms with E-state index in [-0.39, 0.29) is 17.5 Å². The van der Waals surface area contributed by atoms with E-state index in [0.717, 1.165) is 77.4 Å². The van der Waals surface area contributed by atoms with Crippen molar-refractivity contribution in [3.8, 4) is 17.1 Å². The number of ketones is 1. The van der Waals surface area contributed by atoms with Gasteiger partial charge in [-0.05, 0) is 54.8 Å². The van der Waals surface area contributed by atoms with Crippen LogP contribution in [0.4, 0.5) is 5.82 Å². The summed E-state index contributed by atoms with van der Waals surface area (Å²) >= 11 is 1.54. The van der Waals surface area contributed by atoms with Gasteiger partial charge in [0.2, 0.25) is 0 Å². The number of hydrogen-bond donors (Lipinski definition) is 3. The summed E-state index contributed by atoms with van der Waals surface area (Å²) in [6.45, 7) is 4.12. The average Bonchev–Trinajstić information content (AvgIpc) is 3.42. The number of Topliss-reactive ketones (excluding diaryl/α,β-unsaturated/α-hetero) is 1. The summed E-state index contributed by atoms with van der Waals surface area (Å²) in [6.07, 6.45) is 8.50. The smallest absolute Gasteiger partial charge is 0.326 e. The van der Waals surface area contributed by atoms with Crippen molar-refractivity contribution in [2.45, 2.75) is 63.7 Å². The second-order valence-electron chi connectivity index (χ2n) is 11.5. The highest BCUT2D eigenvalue weighted by atomic mass is 32.2. The number of carbonyl (C=O) groups excluding carboxylic acids is 1. The number of pyridine rings is 2. The van der Waals surface area contributed by atoms with Crippen molar-refractivity contribution in [1.29, 1.82) is 0 Å². The number of allylic oxidation sites excluding steroid dienone is 2. The van der Waals surface area contributed by atoms with E-state index in [1.807, 2.05) is 60.1 Å². The number of anilines is 1. The third-order valence-corrected chi connectivity index (χ3v) is 9.45. The molecule has 4 aromatic rings. The van der Waals surface area contributed by atoms with Crippen LogP contribution in [0, 0.1) is 5.41 Å². The van der Waals surface area contributed by atoms with Gasteiger partial charge in [-0.2, -0.15) is 0 Å². The first-order valence-electron chi connectivity index (χ1n) is 14.8. The monoisotopic (exact) mass is 596 g/mol. The van der Waals surface area contributed by atoms with Gasteiger partial charge in [0.05, 0.1) is 10.3 Å². The molecule has 1 fully saturated rings. The molecule has 0 amide bonds. The predicted octanol–water partition coefficient (Wildman–Crippen LogP) is 6.00. The Kier molecular flexibility index (Phi) is 7.96. The maximum atomic E-state index is 13.3. The third-order valence-electron chi connectivity index (χ3n) is 8.35. The van der Waals surface area contributed by atoms with E-state index in [0.29, 0.717) is 4.91 Å². The van der Waals surface area contributed by atoms with Crippen LogP contribution in [-0.2, 0) is 16.0 Å². The molecule has 3 N–H and O–H groups in total. The molecule has 0 radical (unpaired) electrons. The highest BCUT2D eigenvalue weighted by Gasteiger charge is 2.54. The molecule has 6 rings (SSSR count). The van der Waals surface area contributed by atoms with Gasteiger partial charge in [0.15, 0.2) is 11.4 Å². The molecular formula is C33H36N6O3S. The number of nitrogens with zero attached hydrogens (tertiary/aromatic N) is 4. The van der Waals surface area contributed by atoms with Crippen LogP contribution in [0.1, 0.15) is 51.5 Å². The fourth-order valence-electron chi connectivity index (χ4n) is 6.20. The molecule has 3 aromatic heterocycles. The Hall–Kier alpha value is -4.18. The van der Waals surface area contributed by atoms with Crippen LogP contribution in [0.15, 0.2) is 71.5 Å². The first kappa shape index (κ1) is 28.9. The quantitative estimate of drug-likeness (QED) is 0.202. The van der Waals surface area contributed by atoms with Crippen molar-refractivity contribution in [3.63, 3.8) is 0 Å². The van der Waals surface area contributed by atoms with E-state index in [1.165, 1.54) is 11.8 Å². The van der Waals surface area contributed by atoms with Gasteiger partial charge in [-0.15, -0.1) is 11.8 Å². The van der Waals surface area contributed by atoms with Crippen LogP contribution >= 0.6 is 11.8 Å². The van der Waals surface area contributed by atoms with Gasteiger partial charge in [0.1, 0.15) is 23.2 Å². The molecule has 1 aromatic carbocycles. The third kappa shape index (κ3) is 5.40. The Bertz CT molecular complexity index is 1690. The second kappa shape index (κ2) is 11.8. The lowest BCUT2D eigenvalue weighted by Gasteiger charge is -2.47. The Labute approximate surface area is 255 Å². The minimum Gasteiger partial charge on any atom is -0.480 e. The molecule has 10 heteroatoms. The number of nitrogens with one attached hydrogen (secondary N) is 2. The Morgan fingerprint density at radius 2 is 1.84 bits per heavy atom. The fourth-order valence-corrected chi connectivity index (χ4v) is 7.35. The predicted molar refractivity (Wildman–Crippen MR) is 170 cm³/mol. The lowest BCUT2D eigenvalue weighted by atomic mass is 9.62. The average molecular weight is 597 g/mol. The van der Waals surface area contributed by atoms with Crippen LogP contribution in [-0.4, -0.2) is 54.7 Å². The molecule has 1 saturated carbocycles. The van der Waals surface area contributed by atoms with Crippen molar-refractivity contribution in [2.75, 3.05) is 12.4 Å². The van der Waals surface area contributed by atoms with Gasteiger partial charge >= 0.3 is 5.97 Å². The minimum atomic E-state index is -0.930. The number of aromatic nitrogens is 4.